The average Bonchev–Trinajstić information content (AvgIpc) is 3.29. The summed E-state index contributed by atoms with van der Waals surface area (Å²) in [5.41, 5.74) is 8.07. The van der Waals surface area contributed by atoms with Crippen LogP contribution in [-0.4, -0.2) is 60.9 Å². The molecule has 7 nitrogen and oxygen atoms in total. The van der Waals surface area contributed by atoms with Crippen molar-refractivity contribution in [2.24, 2.45) is 0 Å². The number of hydrazine groups is 1. The molecule has 8 heteroatoms. The maximum absolute atomic E-state index is 12.9. The molecule has 2 heterocycles. The topological polar surface area (TPSA) is 73.9 Å². The molecule has 2 aliphatic rings. The van der Waals surface area contributed by atoms with E-state index < -0.39 is 0 Å². The monoisotopic (exact) mass is 428 g/mol. The predicted molar refractivity (Wildman–Crippen MR) is 114 cm³/mol. The van der Waals surface area contributed by atoms with E-state index in [0.29, 0.717) is 43.2 Å². The van der Waals surface area contributed by atoms with Crippen molar-refractivity contribution in [3.05, 3.63) is 64.7 Å². The van der Waals surface area contributed by atoms with Crippen LogP contribution >= 0.6 is 11.6 Å². The van der Waals surface area contributed by atoms with Gasteiger partial charge in [0.1, 0.15) is 11.8 Å². The highest BCUT2D eigenvalue weighted by Crippen LogP contribution is 2.25. The third-order valence-corrected chi connectivity index (χ3v) is 5.94. The Morgan fingerprint density at radius 2 is 1.57 bits per heavy atom. The first-order valence-electron chi connectivity index (χ1n) is 10.0. The molecule has 0 saturated carbocycles. The van der Waals surface area contributed by atoms with Gasteiger partial charge in [-0.05, 0) is 48.4 Å². The van der Waals surface area contributed by atoms with Gasteiger partial charge in [0.2, 0.25) is 5.91 Å². The SMILES string of the molecule is COc1ccc(C2CC(C(=O)N3CCN(C(=O)c4ccc(Cl)cc4)CC3)NN2)cc1. The van der Waals surface area contributed by atoms with E-state index in [9.17, 15) is 9.59 Å². The predicted octanol–water partition coefficient (Wildman–Crippen LogP) is 2.24. The van der Waals surface area contributed by atoms with Crippen LogP contribution in [0.5, 0.6) is 5.75 Å². The van der Waals surface area contributed by atoms with Gasteiger partial charge in [-0.2, -0.15) is 0 Å². The van der Waals surface area contributed by atoms with E-state index in [-0.39, 0.29) is 23.9 Å². The fraction of sp³-hybridized carbons (Fsp3) is 0.364. The molecule has 2 aromatic carbocycles. The van der Waals surface area contributed by atoms with Gasteiger partial charge in [0, 0.05) is 42.8 Å². The standard InChI is InChI=1S/C22H25ClN4O3/c1-30-18-8-4-15(5-9-18)19-14-20(25-24-19)22(29)27-12-10-26(11-13-27)21(28)16-2-6-17(23)7-3-16/h2-9,19-20,24-25H,10-14H2,1H3. The molecule has 2 aromatic rings. The van der Waals surface area contributed by atoms with Crippen molar-refractivity contribution < 1.29 is 14.3 Å². The van der Waals surface area contributed by atoms with E-state index in [1.807, 2.05) is 29.2 Å². The number of halogens is 1. The number of carbonyl (C=O) groups is 2. The Bertz CT molecular complexity index is 896. The maximum atomic E-state index is 12.9. The summed E-state index contributed by atoms with van der Waals surface area (Å²) in [7, 11) is 1.64. The fourth-order valence-electron chi connectivity index (χ4n) is 3.90. The molecule has 0 aliphatic carbocycles. The largest absolute Gasteiger partial charge is 0.497 e. The zero-order valence-corrected chi connectivity index (χ0v) is 17.6. The number of amides is 2. The van der Waals surface area contributed by atoms with Crippen LogP contribution < -0.4 is 15.6 Å². The lowest BCUT2D eigenvalue weighted by molar-refractivity contribution is -0.134. The van der Waals surface area contributed by atoms with Crippen molar-refractivity contribution in [1.82, 2.24) is 20.7 Å². The number of nitrogens with zero attached hydrogens (tertiary/aromatic N) is 2. The second-order valence-corrected chi connectivity index (χ2v) is 7.96. The minimum absolute atomic E-state index is 0.0287. The zero-order valence-electron chi connectivity index (χ0n) is 16.8. The van der Waals surface area contributed by atoms with E-state index in [0.717, 1.165) is 11.3 Å². The number of hydrogen-bond donors (Lipinski definition) is 2. The van der Waals surface area contributed by atoms with Crippen molar-refractivity contribution in [2.75, 3.05) is 33.3 Å². The van der Waals surface area contributed by atoms with E-state index in [1.54, 1.807) is 36.3 Å². The van der Waals surface area contributed by atoms with Crippen LogP contribution in [0.25, 0.3) is 0 Å². The number of rotatable bonds is 4. The lowest BCUT2D eigenvalue weighted by Crippen LogP contribution is -2.54. The van der Waals surface area contributed by atoms with Crippen molar-refractivity contribution in [3.8, 4) is 5.75 Å². The highest BCUT2D eigenvalue weighted by atomic mass is 35.5. The van der Waals surface area contributed by atoms with Crippen molar-refractivity contribution >= 4 is 23.4 Å². The zero-order chi connectivity index (χ0) is 21.1. The fourth-order valence-corrected chi connectivity index (χ4v) is 4.02. The van der Waals surface area contributed by atoms with Gasteiger partial charge in [0.25, 0.3) is 5.91 Å². The molecule has 2 amide bonds. The van der Waals surface area contributed by atoms with Crippen LogP contribution in [0, 0.1) is 0 Å². The van der Waals surface area contributed by atoms with Crippen LogP contribution in [0.2, 0.25) is 5.02 Å². The van der Waals surface area contributed by atoms with E-state index >= 15 is 0 Å². The first-order valence-corrected chi connectivity index (χ1v) is 10.4. The summed E-state index contributed by atoms with van der Waals surface area (Å²) in [6, 6.07) is 14.5. The smallest absolute Gasteiger partial charge is 0.253 e. The Morgan fingerprint density at radius 3 is 2.20 bits per heavy atom. The molecule has 2 N–H and O–H groups in total. The number of nitrogens with one attached hydrogen (secondary N) is 2. The van der Waals surface area contributed by atoms with Gasteiger partial charge >= 0.3 is 0 Å². The molecular weight excluding hydrogens is 404 g/mol. The van der Waals surface area contributed by atoms with Crippen molar-refractivity contribution in [1.29, 1.82) is 0 Å². The van der Waals surface area contributed by atoms with Gasteiger partial charge < -0.3 is 14.5 Å². The number of piperazine rings is 1. The molecule has 0 bridgehead atoms. The summed E-state index contributed by atoms with van der Waals surface area (Å²) in [5, 5.41) is 0.604. The molecule has 2 atom stereocenters. The molecule has 158 valence electrons. The van der Waals surface area contributed by atoms with E-state index in [4.69, 9.17) is 16.3 Å². The molecule has 0 aromatic heterocycles. The summed E-state index contributed by atoms with van der Waals surface area (Å²) >= 11 is 5.90. The van der Waals surface area contributed by atoms with Crippen LogP contribution in [0.1, 0.15) is 28.4 Å². The Balaban J connectivity index is 1.30. The Kier molecular flexibility index (Phi) is 6.22. The maximum Gasteiger partial charge on any atom is 0.253 e. The number of ether oxygens (including phenoxy) is 1. The second kappa shape index (κ2) is 9.04. The van der Waals surface area contributed by atoms with Crippen molar-refractivity contribution in [3.63, 3.8) is 0 Å². The number of hydrogen-bond acceptors (Lipinski definition) is 5. The molecule has 0 radical (unpaired) electrons. The lowest BCUT2D eigenvalue weighted by atomic mass is 10.0. The van der Waals surface area contributed by atoms with E-state index in [1.165, 1.54) is 0 Å². The molecule has 30 heavy (non-hydrogen) atoms. The summed E-state index contributed by atoms with van der Waals surface area (Å²) in [4.78, 5) is 29.2. The van der Waals surface area contributed by atoms with Crippen LogP contribution in [-0.2, 0) is 4.79 Å². The molecular formula is C22H25ClN4O3. The molecule has 2 fully saturated rings. The van der Waals surface area contributed by atoms with Crippen LogP contribution in [0.3, 0.4) is 0 Å². The quantitative estimate of drug-likeness (QED) is 0.781. The highest BCUT2D eigenvalue weighted by Gasteiger charge is 2.34. The van der Waals surface area contributed by atoms with Gasteiger partial charge in [0.15, 0.2) is 0 Å². The third-order valence-electron chi connectivity index (χ3n) is 5.69. The van der Waals surface area contributed by atoms with Gasteiger partial charge in [-0.25, -0.2) is 10.9 Å². The average molecular weight is 429 g/mol. The third kappa shape index (κ3) is 4.43. The Hall–Kier alpha value is -2.61. The summed E-state index contributed by atoms with van der Waals surface area (Å²) in [6.07, 6.45) is 0.676. The number of methoxy groups -OCH3 is 1. The molecule has 2 unspecified atom stereocenters. The van der Waals surface area contributed by atoms with Crippen LogP contribution in [0.15, 0.2) is 48.5 Å². The second-order valence-electron chi connectivity index (χ2n) is 7.53. The first-order chi connectivity index (χ1) is 14.5. The Labute approximate surface area is 180 Å². The van der Waals surface area contributed by atoms with Crippen molar-refractivity contribution in [2.45, 2.75) is 18.5 Å². The van der Waals surface area contributed by atoms with Gasteiger partial charge in [-0.3, -0.25) is 9.59 Å². The summed E-state index contributed by atoms with van der Waals surface area (Å²) in [5.74, 6) is 0.847. The highest BCUT2D eigenvalue weighted by molar-refractivity contribution is 6.30. The molecule has 0 spiro atoms. The molecule has 2 aliphatic heterocycles. The minimum Gasteiger partial charge on any atom is -0.497 e. The molecule has 2 saturated heterocycles. The number of carbonyl (C=O) groups excluding carboxylic acids is 2. The Morgan fingerprint density at radius 1 is 0.933 bits per heavy atom. The van der Waals surface area contributed by atoms with Gasteiger partial charge in [-0.15, -0.1) is 0 Å². The normalized spacial score (nSPS) is 21.5. The molecule has 4 rings (SSSR count). The van der Waals surface area contributed by atoms with E-state index in [2.05, 4.69) is 10.9 Å². The van der Waals surface area contributed by atoms with Gasteiger partial charge in [0.05, 0.1) is 7.11 Å². The number of benzene rings is 2. The summed E-state index contributed by atoms with van der Waals surface area (Å²) in [6.45, 7) is 2.11. The van der Waals surface area contributed by atoms with Gasteiger partial charge in [-0.1, -0.05) is 23.7 Å². The minimum atomic E-state index is -0.282. The lowest BCUT2D eigenvalue weighted by Gasteiger charge is -2.36. The summed E-state index contributed by atoms with van der Waals surface area (Å²) < 4.78 is 5.20. The van der Waals surface area contributed by atoms with Crippen LogP contribution in [0.4, 0.5) is 0 Å². The first kappa shape index (κ1) is 20.7.